The molecule has 0 aliphatic rings. The van der Waals surface area contributed by atoms with Crippen molar-refractivity contribution in [2.75, 3.05) is 11.9 Å². The van der Waals surface area contributed by atoms with Gasteiger partial charge in [0.25, 0.3) is 0 Å². The van der Waals surface area contributed by atoms with Gasteiger partial charge in [-0.05, 0) is 43.8 Å². The predicted molar refractivity (Wildman–Crippen MR) is 87.2 cm³/mol. The second-order valence-electron chi connectivity index (χ2n) is 5.11. The number of thiocarbonyl (C=S) groups is 1. The maximum Gasteiger partial charge on any atom is 0.435 e. The van der Waals surface area contributed by atoms with Crippen molar-refractivity contribution in [2.24, 2.45) is 0 Å². The molecule has 0 amide bonds. The number of hydrogen-bond donors (Lipinski definition) is 2. The molecule has 130 valence electrons. The molecule has 0 bridgehead atoms. The molecule has 0 spiro atoms. The molecule has 1 aromatic heterocycles. The lowest BCUT2D eigenvalue weighted by Crippen LogP contribution is -2.30. The van der Waals surface area contributed by atoms with E-state index in [0.717, 1.165) is 6.07 Å². The van der Waals surface area contributed by atoms with Gasteiger partial charge in [0, 0.05) is 18.8 Å². The van der Waals surface area contributed by atoms with Crippen molar-refractivity contribution in [1.29, 1.82) is 0 Å². The first-order valence-electron chi connectivity index (χ1n) is 7.18. The van der Waals surface area contributed by atoms with Crippen LogP contribution in [-0.4, -0.2) is 21.4 Å². The van der Waals surface area contributed by atoms with Crippen molar-refractivity contribution >= 4 is 23.0 Å². The number of nitrogens with zero attached hydrogens (tertiary/aromatic N) is 2. The third-order valence-corrected chi connectivity index (χ3v) is 3.47. The molecule has 24 heavy (non-hydrogen) atoms. The largest absolute Gasteiger partial charge is 0.435 e. The van der Waals surface area contributed by atoms with Gasteiger partial charge in [0.2, 0.25) is 0 Å². The Bertz CT molecular complexity index is 712. The summed E-state index contributed by atoms with van der Waals surface area (Å²) in [5.74, 6) is -0.423. The van der Waals surface area contributed by atoms with Gasteiger partial charge in [-0.1, -0.05) is 12.1 Å². The first-order valence-corrected chi connectivity index (χ1v) is 7.59. The van der Waals surface area contributed by atoms with Crippen LogP contribution in [0.25, 0.3) is 0 Å². The van der Waals surface area contributed by atoms with Crippen molar-refractivity contribution < 1.29 is 17.6 Å². The van der Waals surface area contributed by atoms with Crippen LogP contribution in [-0.2, 0) is 12.7 Å². The summed E-state index contributed by atoms with van der Waals surface area (Å²) in [5, 5.41) is 9.38. The molecule has 2 N–H and O–H groups in total. The summed E-state index contributed by atoms with van der Waals surface area (Å²) in [7, 11) is 0. The van der Waals surface area contributed by atoms with Crippen LogP contribution in [0, 0.1) is 12.7 Å². The first-order chi connectivity index (χ1) is 11.3. The average Bonchev–Trinajstić information content (AvgIpc) is 2.87. The van der Waals surface area contributed by atoms with E-state index >= 15 is 0 Å². The summed E-state index contributed by atoms with van der Waals surface area (Å²) >= 11 is 5.04. The van der Waals surface area contributed by atoms with Gasteiger partial charge < -0.3 is 10.6 Å². The SMILES string of the molecule is Cc1cc(C(F)(F)F)nn1CCCNC(=S)Nc1ccccc1F. The minimum absolute atomic E-state index is 0.244. The van der Waals surface area contributed by atoms with Crippen LogP contribution in [0.2, 0.25) is 0 Å². The van der Waals surface area contributed by atoms with Gasteiger partial charge in [-0.2, -0.15) is 18.3 Å². The van der Waals surface area contributed by atoms with E-state index < -0.39 is 17.7 Å². The Morgan fingerprint density at radius 3 is 2.62 bits per heavy atom. The van der Waals surface area contributed by atoms with Gasteiger partial charge in [0.15, 0.2) is 10.8 Å². The summed E-state index contributed by atoms with van der Waals surface area (Å²) < 4.78 is 52.5. The Hall–Kier alpha value is -2.16. The number of aromatic nitrogens is 2. The number of halogens is 4. The summed E-state index contributed by atoms with van der Waals surface area (Å²) in [6, 6.07) is 7.11. The molecule has 0 aliphatic carbocycles. The van der Waals surface area contributed by atoms with E-state index in [2.05, 4.69) is 15.7 Å². The van der Waals surface area contributed by atoms with Crippen LogP contribution in [0.4, 0.5) is 23.2 Å². The second kappa shape index (κ2) is 7.61. The summed E-state index contributed by atoms with van der Waals surface area (Å²) in [6.45, 7) is 2.30. The average molecular weight is 360 g/mol. The zero-order valence-corrected chi connectivity index (χ0v) is 13.6. The summed E-state index contributed by atoms with van der Waals surface area (Å²) in [4.78, 5) is 0. The quantitative estimate of drug-likeness (QED) is 0.484. The number of benzene rings is 1. The van der Waals surface area contributed by atoms with Gasteiger partial charge in [0.05, 0.1) is 5.69 Å². The highest BCUT2D eigenvalue weighted by Crippen LogP contribution is 2.28. The van der Waals surface area contributed by atoms with E-state index in [1.807, 2.05) is 0 Å². The van der Waals surface area contributed by atoms with Crippen molar-refractivity contribution in [3.05, 3.63) is 47.5 Å². The highest BCUT2D eigenvalue weighted by atomic mass is 32.1. The van der Waals surface area contributed by atoms with Crippen molar-refractivity contribution in [2.45, 2.75) is 26.1 Å². The molecule has 0 radical (unpaired) electrons. The molecule has 0 saturated carbocycles. The number of anilines is 1. The molecule has 1 aromatic carbocycles. The van der Waals surface area contributed by atoms with Crippen molar-refractivity contribution in [3.63, 3.8) is 0 Å². The smallest absolute Gasteiger partial charge is 0.362 e. The molecule has 9 heteroatoms. The zero-order valence-electron chi connectivity index (χ0n) is 12.8. The van der Waals surface area contributed by atoms with Gasteiger partial charge >= 0.3 is 6.18 Å². The van der Waals surface area contributed by atoms with Crippen molar-refractivity contribution in [1.82, 2.24) is 15.1 Å². The Labute approximate surface area is 141 Å². The van der Waals surface area contributed by atoms with E-state index in [0.29, 0.717) is 25.2 Å². The molecule has 1 heterocycles. The number of alkyl halides is 3. The van der Waals surface area contributed by atoms with Gasteiger partial charge in [0.1, 0.15) is 5.82 Å². The molecule has 2 rings (SSSR count). The predicted octanol–water partition coefficient (Wildman–Crippen LogP) is 3.73. The van der Waals surface area contributed by atoms with E-state index in [9.17, 15) is 17.6 Å². The third-order valence-electron chi connectivity index (χ3n) is 3.23. The number of rotatable bonds is 5. The third kappa shape index (κ3) is 4.92. The highest BCUT2D eigenvalue weighted by molar-refractivity contribution is 7.80. The molecule has 2 aromatic rings. The van der Waals surface area contributed by atoms with Crippen molar-refractivity contribution in [3.8, 4) is 0 Å². The molecule has 0 atom stereocenters. The number of hydrogen-bond acceptors (Lipinski definition) is 2. The van der Waals surface area contributed by atoms with Crippen LogP contribution in [0.3, 0.4) is 0 Å². The lowest BCUT2D eigenvalue weighted by Gasteiger charge is -2.11. The molecule has 0 aliphatic heterocycles. The number of nitrogens with one attached hydrogen (secondary N) is 2. The Morgan fingerprint density at radius 2 is 2.00 bits per heavy atom. The van der Waals surface area contributed by atoms with Crippen LogP contribution in [0.1, 0.15) is 17.8 Å². The highest BCUT2D eigenvalue weighted by Gasteiger charge is 2.34. The Balaban J connectivity index is 1.78. The molecule has 0 saturated heterocycles. The minimum atomic E-state index is -4.44. The summed E-state index contributed by atoms with van der Waals surface area (Å²) in [5.41, 5.74) is -0.202. The van der Waals surface area contributed by atoms with Crippen LogP contribution in [0.5, 0.6) is 0 Å². The Morgan fingerprint density at radius 1 is 1.29 bits per heavy atom. The van der Waals surface area contributed by atoms with E-state index in [4.69, 9.17) is 12.2 Å². The number of para-hydroxylation sites is 1. The summed E-state index contributed by atoms with van der Waals surface area (Å²) in [6.07, 6.45) is -3.93. The molecule has 4 nitrogen and oxygen atoms in total. The van der Waals surface area contributed by atoms with Crippen LogP contribution < -0.4 is 10.6 Å². The molecular weight excluding hydrogens is 344 g/mol. The fourth-order valence-corrected chi connectivity index (χ4v) is 2.25. The fourth-order valence-electron chi connectivity index (χ4n) is 2.03. The van der Waals surface area contributed by atoms with E-state index in [1.165, 1.54) is 10.7 Å². The van der Waals surface area contributed by atoms with Gasteiger partial charge in [-0.3, -0.25) is 4.68 Å². The normalized spacial score (nSPS) is 11.4. The molecule has 0 unspecified atom stereocenters. The molecule has 0 fully saturated rings. The monoisotopic (exact) mass is 360 g/mol. The Kier molecular flexibility index (Phi) is 5.76. The van der Waals surface area contributed by atoms with Crippen LogP contribution in [0.15, 0.2) is 30.3 Å². The standard InChI is InChI=1S/C15H16F4N4S/c1-10-9-13(15(17,18)19)22-23(10)8-4-7-20-14(24)21-12-6-3-2-5-11(12)16/h2-3,5-6,9H,4,7-8H2,1H3,(H2,20,21,24). The first kappa shape index (κ1) is 18.2. The number of aryl methyl sites for hydroxylation is 2. The maximum atomic E-state index is 13.4. The van der Waals surface area contributed by atoms with Crippen LogP contribution >= 0.6 is 12.2 Å². The molecular formula is C15H16F4N4S. The minimum Gasteiger partial charge on any atom is -0.362 e. The lowest BCUT2D eigenvalue weighted by atomic mass is 10.3. The zero-order chi connectivity index (χ0) is 17.7. The van der Waals surface area contributed by atoms with E-state index in [-0.39, 0.29) is 10.8 Å². The second-order valence-corrected chi connectivity index (χ2v) is 5.51. The van der Waals surface area contributed by atoms with Gasteiger partial charge in [-0.15, -0.1) is 0 Å². The van der Waals surface area contributed by atoms with E-state index in [1.54, 1.807) is 25.1 Å². The maximum absolute atomic E-state index is 13.4. The topological polar surface area (TPSA) is 41.9 Å². The fraction of sp³-hybridized carbons (Fsp3) is 0.333. The van der Waals surface area contributed by atoms with Gasteiger partial charge in [-0.25, -0.2) is 4.39 Å². The lowest BCUT2D eigenvalue weighted by molar-refractivity contribution is -0.141.